The number of nitrogens with one attached hydrogen (secondary N) is 1. The number of hydrogen-bond donors (Lipinski definition) is 5. The number of phosphoric ester groups is 1. The van der Waals surface area contributed by atoms with Gasteiger partial charge in [0.05, 0.1) is 37.9 Å². The molecule has 4 unspecified atom stereocenters. The first-order chi connectivity index (χ1) is 24.8. The molecule has 0 spiro atoms. The van der Waals surface area contributed by atoms with E-state index in [9.17, 15) is 24.5 Å². The summed E-state index contributed by atoms with van der Waals surface area (Å²) in [6, 6.07) is -0.897. The minimum absolute atomic E-state index is 0.0592. The second-order valence-electron chi connectivity index (χ2n) is 14.7. The maximum Gasteiger partial charge on any atom is 0.472 e. The summed E-state index contributed by atoms with van der Waals surface area (Å²) >= 11 is 0. The molecule has 10 heteroatoms. The van der Waals surface area contributed by atoms with Crippen LogP contribution in [-0.4, -0.2) is 59.0 Å². The average Bonchev–Trinajstić information content (AvgIpc) is 3.10. The van der Waals surface area contributed by atoms with Gasteiger partial charge in [0, 0.05) is 6.54 Å². The van der Waals surface area contributed by atoms with Crippen LogP contribution < -0.4 is 11.1 Å². The van der Waals surface area contributed by atoms with Crippen molar-refractivity contribution in [3.05, 3.63) is 12.2 Å². The molecule has 0 heterocycles. The number of aliphatic hydroxyl groups excluding tert-OH is 2. The van der Waals surface area contributed by atoms with Gasteiger partial charge in [0.25, 0.3) is 0 Å². The van der Waals surface area contributed by atoms with E-state index in [0.717, 1.165) is 51.4 Å². The van der Waals surface area contributed by atoms with Crippen LogP contribution in [-0.2, 0) is 18.4 Å². The van der Waals surface area contributed by atoms with E-state index in [4.69, 9.17) is 14.8 Å². The van der Waals surface area contributed by atoms with Crippen LogP contribution in [0.5, 0.6) is 0 Å². The number of rotatable bonds is 40. The van der Waals surface area contributed by atoms with Crippen molar-refractivity contribution in [3.8, 4) is 0 Å². The van der Waals surface area contributed by atoms with E-state index >= 15 is 0 Å². The van der Waals surface area contributed by atoms with Crippen LogP contribution in [0.3, 0.4) is 0 Å². The van der Waals surface area contributed by atoms with Crippen molar-refractivity contribution in [2.45, 2.75) is 225 Å². The van der Waals surface area contributed by atoms with Gasteiger partial charge in [-0.25, -0.2) is 4.57 Å². The predicted octanol–water partition coefficient (Wildman–Crippen LogP) is 10.6. The molecule has 0 bridgehead atoms. The highest BCUT2D eigenvalue weighted by atomic mass is 31.2. The van der Waals surface area contributed by atoms with Crippen molar-refractivity contribution < 1.29 is 33.5 Å². The molecule has 0 radical (unpaired) electrons. The lowest BCUT2D eigenvalue weighted by Gasteiger charge is -2.25. The molecule has 0 aliphatic heterocycles. The third-order valence-electron chi connectivity index (χ3n) is 9.67. The Bertz CT molecular complexity index is 832. The molecule has 0 aromatic rings. The molecule has 4 atom stereocenters. The van der Waals surface area contributed by atoms with E-state index in [2.05, 4.69) is 31.3 Å². The summed E-state index contributed by atoms with van der Waals surface area (Å²) < 4.78 is 22.1. The molecular formula is C41H83N2O7P. The second-order valence-corrected chi connectivity index (χ2v) is 16.2. The van der Waals surface area contributed by atoms with E-state index in [1.807, 2.05) is 0 Å². The van der Waals surface area contributed by atoms with Crippen LogP contribution in [0.2, 0.25) is 0 Å². The number of carbonyl (C=O) groups excluding carboxylic acids is 1. The highest BCUT2D eigenvalue weighted by molar-refractivity contribution is 7.47. The highest BCUT2D eigenvalue weighted by Gasteiger charge is 2.28. The average molecular weight is 747 g/mol. The van der Waals surface area contributed by atoms with Gasteiger partial charge in [-0.3, -0.25) is 13.8 Å². The van der Waals surface area contributed by atoms with E-state index in [1.54, 1.807) is 0 Å². The molecule has 0 aromatic carbocycles. The Kier molecular flexibility index (Phi) is 36.9. The van der Waals surface area contributed by atoms with Crippen LogP contribution in [0.4, 0.5) is 0 Å². The molecule has 0 aliphatic carbocycles. The summed E-state index contributed by atoms with van der Waals surface area (Å²) in [6.07, 6.45) is 37.0. The van der Waals surface area contributed by atoms with E-state index in [0.29, 0.717) is 12.8 Å². The van der Waals surface area contributed by atoms with Crippen LogP contribution in [0.1, 0.15) is 206 Å². The lowest BCUT2D eigenvalue weighted by molar-refractivity contribution is -0.125. The number of carbonyl (C=O) groups is 1. The Morgan fingerprint density at radius 1 is 0.647 bits per heavy atom. The first-order valence-corrected chi connectivity index (χ1v) is 22.9. The zero-order valence-electron chi connectivity index (χ0n) is 33.2. The molecule has 0 aliphatic rings. The van der Waals surface area contributed by atoms with Crippen molar-refractivity contribution >= 4 is 13.7 Å². The number of amides is 1. The Morgan fingerprint density at radius 2 is 1.08 bits per heavy atom. The summed E-state index contributed by atoms with van der Waals surface area (Å²) in [5.74, 6) is -0.423. The molecule has 1 amide bonds. The van der Waals surface area contributed by atoms with Crippen LogP contribution in [0.15, 0.2) is 12.2 Å². The predicted molar refractivity (Wildman–Crippen MR) is 214 cm³/mol. The first kappa shape index (κ1) is 50.2. The van der Waals surface area contributed by atoms with Crippen LogP contribution in [0.25, 0.3) is 0 Å². The molecule has 0 aromatic heterocycles. The monoisotopic (exact) mass is 747 g/mol. The van der Waals surface area contributed by atoms with Gasteiger partial charge >= 0.3 is 7.82 Å². The third kappa shape index (κ3) is 36.0. The zero-order chi connectivity index (χ0) is 37.7. The fraction of sp³-hybridized carbons (Fsp3) is 0.927. The maximum atomic E-state index is 12.8. The molecule has 0 saturated heterocycles. The fourth-order valence-electron chi connectivity index (χ4n) is 6.40. The largest absolute Gasteiger partial charge is 0.472 e. The van der Waals surface area contributed by atoms with Gasteiger partial charge in [0.1, 0.15) is 0 Å². The van der Waals surface area contributed by atoms with Crippen molar-refractivity contribution in [1.82, 2.24) is 5.32 Å². The molecule has 0 rings (SSSR count). The highest BCUT2D eigenvalue weighted by Crippen LogP contribution is 2.43. The van der Waals surface area contributed by atoms with Crippen molar-refractivity contribution in [2.75, 3.05) is 19.8 Å². The number of aliphatic hydroxyl groups is 2. The molecule has 9 nitrogen and oxygen atoms in total. The standard InChI is InChI=1S/C41H83N2O7P/c1-3-5-7-9-11-13-14-15-16-17-18-19-20-21-22-23-25-27-29-31-33-40(45)39(37-50-51(47,48)49-35-34-42)43-41(46)36-38(44)32-30-28-26-24-12-10-8-6-4-2/h10,12,38-40,44-45H,3-9,11,13-37,42H2,1-2H3,(H,43,46)(H,47,48)/b12-10-. The molecular weight excluding hydrogens is 663 g/mol. The van der Waals surface area contributed by atoms with Gasteiger partial charge in [0.15, 0.2) is 0 Å². The Labute approximate surface area is 314 Å². The zero-order valence-corrected chi connectivity index (χ0v) is 34.1. The van der Waals surface area contributed by atoms with Gasteiger partial charge in [0.2, 0.25) is 5.91 Å². The maximum absolute atomic E-state index is 12.8. The van der Waals surface area contributed by atoms with Crippen molar-refractivity contribution in [3.63, 3.8) is 0 Å². The van der Waals surface area contributed by atoms with E-state index < -0.39 is 32.0 Å². The second kappa shape index (κ2) is 37.5. The molecule has 0 fully saturated rings. The van der Waals surface area contributed by atoms with Crippen molar-refractivity contribution in [1.29, 1.82) is 0 Å². The minimum Gasteiger partial charge on any atom is -0.393 e. The SMILES string of the molecule is CCCC/C=C\CCCCCC(O)CC(=O)NC(COP(=O)(O)OCCN)C(O)CCCCCCCCCCCCCCCCCCCCCC. The fourth-order valence-corrected chi connectivity index (χ4v) is 7.16. The van der Waals surface area contributed by atoms with Gasteiger partial charge in [-0.15, -0.1) is 0 Å². The van der Waals surface area contributed by atoms with Gasteiger partial charge in [-0.1, -0.05) is 180 Å². The molecule has 304 valence electrons. The summed E-state index contributed by atoms with van der Waals surface area (Å²) in [4.78, 5) is 22.7. The van der Waals surface area contributed by atoms with E-state index in [1.165, 1.54) is 122 Å². The van der Waals surface area contributed by atoms with Crippen LogP contribution in [0, 0.1) is 0 Å². The van der Waals surface area contributed by atoms with Gasteiger partial charge in [-0.2, -0.15) is 0 Å². The molecule has 6 N–H and O–H groups in total. The van der Waals surface area contributed by atoms with Crippen LogP contribution >= 0.6 is 7.82 Å². The lowest BCUT2D eigenvalue weighted by Crippen LogP contribution is -2.47. The number of phosphoric acid groups is 1. The molecule has 0 saturated carbocycles. The first-order valence-electron chi connectivity index (χ1n) is 21.4. The lowest BCUT2D eigenvalue weighted by atomic mass is 10.0. The van der Waals surface area contributed by atoms with E-state index in [-0.39, 0.29) is 26.2 Å². The Balaban J connectivity index is 4.20. The number of hydrogen-bond acceptors (Lipinski definition) is 7. The topological polar surface area (TPSA) is 151 Å². The minimum atomic E-state index is -4.37. The third-order valence-corrected chi connectivity index (χ3v) is 10.7. The Morgan fingerprint density at radius 3 is 1.57 bits per heavy atom. The Hall–Kier alpha value is -0.800. The quantitative estimate of drug-likeness (QED) is 0.0236. The number of nitrogens with two attached hydrogens (primary N) is 1. The number of unbranched alkanes of at least 4 members (excludes halogenated alkanes) is 24. The summed E-state index contributed by atoms with van der Waals surface area (Å²) in [7, 11) is -4.37. The summed E-state index contributed by atoms with van der Waals surface area (Å²) in [6.45, 7) is 3.99. The smallest absolute Gasteiger partial charge is 0.393 e. The normalized spacial score (nSPS) is 14.9. The van der Waals surface area contributed by atoms with Gasteiger partial charge < -0.3 is 26.2 Å². The number of allylic oxidation sites excluding steroid dienone is 2. The summed E-state index contributed by atoms with van der Waals surface area (Å²) in [5.41, 5.74) is 5.36. The summed E-state index contributed by atoms with van der Waals surface area (Å²) in [5, 5.41) is 24.1. The van der Waals surface area contributed by atoms with Gasteiger partial charge in [-0.05, 0) is 32.1 Å². The molecule has 51 heavy (non-hydrogen) atoms. The van der Waals surface area contributed by atoms with Crippen molar-refractivity contribution in [2.24, 2.45) is 5.73 Å².